The van der Waals surface area contributed by atoms with E-state index in [1.54, 1.807) is 6.26 Å². The molecule has 0 radical (unpaired) electrons. The van der Waals surface area contributed by atoms with Crippen LogP contribution < -0.4 is 11.1 Å². The molecule has 0 saturated heterocycles. The van der Waals surface area contributed by atoms with Gasteiger partial charge in [-0.15, -0.1) is 0 Å². The predicted molar refractivity (Wildman–Crippen MR) is 66.7 cm³/mol. The Labute approximate surface area is 105 Å². The number of hydrogen-bond acceptors (Lipinski definition) is 3. The Morgan fingerprint density at radius 3 is 3.06 bits per heavy atom. The van der Waals surface area contributed by atoms with Gasteiger partial charge in [0.15, 0.2) is 0 Å². The van der Waals surface area contributed by atoms with Crippen molar-refractivity contribution in [2.24, 2.45) is 5.73 Å². The Balaban J connectivity index is 2.01. The van der Waals surface area contributed by atoms with Crippen LogP contribution in [0.4, 0.5) is 10.1 Å². The lowest BCUT2D eigenvalue weighted by Gasteiger charge is -2.20. The fraction of sp³-hybridized carbons (Fsp3) is 0.308. The molecule has 0 fully saturated rings. The first-order chi connectivity index (χ1) is 8.66. The van der Waals surface area contributed by atoms with Crippen LogP contribution in [0.1, 0.15) is 23.2 Å². The van der Waals surface area contributed by atoms with E-state index in [1.165, 1.54) is 18.2 Å². The average Bonchev–Trinajstić information content (AvgIpc) is 2.38. The number of amides is 1. The zero-order valence-electron chi connectivity index (χ0n) is 9.86. The number of nitrogens with one attached hydrogen (secondary N) is 1. The van der Waals surface area contributed by atoms with Gasteiger partial charge in [0.05, 0.1) is 18.5 Å². The number of anilines is 1. The minimum atomic E-state index is -0.574. The van der Waals surface area contributed by atoms with Crippen LogP contribution in [0.25, 0.3) is 0 Å². The van der Waals surface area contributed by atoms with Gasteiger partial charge in [-0.2, -0.15) is 0 Å². The fourth-order valence-corrected chi connectivity index (χ4v) is 1.77. The molecule has 5 heteroatoms. The molecule has 1 aliphatic heterocycles. The summed E-state index contributed by atoms with van der Waals surface area (Å²) in [7, 11) is 0. The molecule has 96 valence electrons. The maximum atomic E-state index is 13.5. The second-order valence-corrected chi connectivity index (χ2v) is 4.15. The number of hydrogen-bond donors (Lipinski definition) is 2. The second kappa shape index (κ2) is 5.53. The summed E-state index contributed by atoms with van der Waals surface area (Å²) in [5, 5.41) is 2.94. The highest BCUT2D eigenvalue weighted by molar-refractivity contribution is 5.93. The second-order valence-electron chi connectivity index (χ2n) is 4.15. The normalized spacial score (nSPS) is 18.2. The number of benzene rings is 1. The van der Waals surface area contributed by atoms with Crippen LogP contribution in [0.2, 0.25) is 0 Å². The number of rotatable bonds is 4. The summed E-state index contributed by atoms with van der Waals surface area (Å²) in [6, 6.07) is 4.00. The van der Waals surface area contributed by atoms with Crippen LogP contribution in [0.3, 0.4) is 0 Å². The largest absolute Gasteiger partial charge is 0.497 e. The minimum Gasteiger partial charge on any atom is -0.497 e. The third-order valence-corrected chi connectivity index (χ3v) is 2.79. The van der Waals surface area contributed by atoms with Gasteiger partial charge >= 0.3 is 0 Å². The lowest BCUT2D eigenvalue weighted by molar-refractivity contribution is 0.100. The number of primary amides is 1. The summed E-state index contributed by atoms with van der Waals surface area (Å²) in [5.74, 6) is -0.985. The molecule has 4 nitrogen and oxygen atoms in total. The van der Waals surface area contributed by atoms with E-state index in [0.29, 0.717) is 6.54 Å². The van der Waals surface area contributed by atoms with E-state index in [2.05, 4.69) is 5.32 Å². The molecule has 0 spiro atoms. The van der Waals surface area contributed by atoms with E-state index >= 15 is 0 Å². The first-order valence-corrected chi connectivity index (χ1v) is 5.80. The first-order valence-electron chi connectivity index (χ1n) is 5.80. The highest BCUT2D eigenvalue weighted by atomic mass is 19.1. The van der Waals surface area contributed by atoms with E-state index in [1.807, 2.05) is 6.08 Å². The Hall–Kier alpha value is -2.04. The summed E-state index contributed by atoms with van der Waals surface area (Å²) in [5.41, 5.74) is 5.70. The lowest BCUT2D eigenvalue weighted by Crippen LogP contribution is -2.23. The Bertz CT molecular complexity index is 474. The number of carbonyl (C=O) groups excluding carboxylic acids is 1. The number of nitrogens with two attached hydrogens (primary N) is 1. The van der Waals surface area contributed by atoms with Gasteiger partial charge in [0.1, 0.15) is 11.9 Å². The first kappa shape index (κ1) is 12.4. The molecule has 18 heavy (non-hydrogen) atoms. The summed E-state index contributed by atoms with van der Waals surface area (Å²) < 4.78 is 18.9. The highest BCUT2D eigenvalue weighted by Crippen LogP contribution is 2.17. The Morgan fingerprint density at radius 2 is 2.39 bits per heavy atom. The van der Waals surface area contributed by atoms with Crippen molar-refractivity contribution in [3.05, 3.63) is 41.9 Å². The minimum absolute atomic E-state index is 0.0200. The van der Waals surface area contributed by atoms with Crippen molar-refractivity contribution in [3.63, 3.8) is 0 Å². The molecule has 0 aliphatic carbocycles. The SMILES string of the molecule is NC(=O)c1ccc(F)c(NCC2CCC=CO2)c1. The third kappa shape index (κ3) is 3.00. The molecule has 1 aromatic carbocycles. The number of allylic oxidation sites excluding steroid dienone is 1. The molecule has 0 saturated carbocycles. The molecule has 0 aromatic heterocycles. The maximum absolute atomic E-state index is 13.5. The summed E-state index contributed by atoms with van der Waals surface area (Å²) >= 11 is 0. The standard InChI is InChI=1S/C13H15FN2O2/c14-11-5-4-9(13(15)17)7-12(11)16-8-10-3-1-2-6-18-10/h2,4-7,10,16H,1,3,8H2,(H2,15,17). The zero-order chi connectivity index (χ0) is 13.0. The molecule has 1 aliphatic rings. The monoisotopic (exact) mass is 250 g/mol. The van der Waals surface area contributed by atoms with Crippen LogP contribution in [-0.4, -0.2) is 18.6 Å². The van der Waals surface area contributed by atoms with Crippen molar-refractivity contribution in [2.75, 3.05) is 11.9 Å². The van der Waals surface area contributed by atoms with Crippen molar-refractivity contribution < 1.29 is 13.9 Å². The molecule has 1 unspecified atom stereocenters. The van der Waals surface area contributed by atoms with Gasteiger partial charge in [-0.3, -0.25) is 4.79 Å². The van der Waals surface area contributed by atoms with Gasteiger partial charge in [0.2, 0.25) is 5.91 Å². The smallest absolute Gasteiger partial charge is 0.248 e. The highest BCUT2D eigenvalue weighted by Gasteiger charge is 2.12. The van der Waals surface area contributed by atoms with Gasteiger partial charge in [-0.05, 0) is 37.1 Å². The van der Waals surface area contributed by atoms with E-state index in [9.17, 15) is 9.18 Å². The van der Waals surface area contributed by atoms with Gasteiger partial charge in [-0.1, -0.05) is 0 Å². The Morgan fingerprint density at radius 1 is 1.56 bits per heavy atom. The predicted octanol–water partition coefficient (Wildman–Crippen LogP) is 2.03. The third-order valence-electron chi connectivity index (χ3n) is 2.79. The van der Waals surface area contributed by atoms with Crippen LogP contribution in [0.15, 0.2) is 30.5 Å². The molecular weight excluding hydrogens is 235 g/mol. The summed E-state index contributed by atoms with van der Waals surface area (Å²) in [6.07, 6.45) is 5.47. The van der Waals surface area contributed by atoms with Crippen molar-refractivity contribution in [2.45, 2.75) is 18.9 Å². The molecule has 1 heterocycles. The van der Waals surface area contributed by atoms with Crippen molar-refractivity contribution in [1.82, 2.24) is 0 Å². The molecule has 1 atom stereocenters. The molecule has 3 N–H and O–H groups in total. The number of ether oxygens (including phenoxy) is 1. The van der Waals surface area contributed by atoms with Crippen LogP contribution in [0.5, 0.6) is 0 Å². The van der Waals surface area contributed by atoms with E-state index < -0.39 is 11.7 Å². The van der Waals surface area contributed by atoms with Gasteiger partial charge < -0.3 is 15.8 Å². The van der Waals surface area contributed by atoms with E-state index in [4.69, 9.17) is 10.5 Å². The molecule has 1 amide bonds. The van der Waals surface area contributed by atoms with Crippen LogP contribution in [-0.2, 0) is 4.74 Å². The maximum Gasteiger partial charge on any atom is 0.248 e. The van der Waals surface area contributed by atoms with Gasteiger partial charge in [0.25, 0.3) is 0 Å². The number of carbonyl (C=O) groups is 1. The Kier molecular flexibility index (Phi) is 3.82. The molecule has 0 bridgehead atoms. The summed E-state index contributed by atoms with van der Waals surface area (Å²) in [4.78, 5) is 11.0. The lowest BCUT2D eigenvalue weighted by atomic mass is 10.1. The van der Waals surface area contributed by atoms with Crippen molar-refractivity contribution in [1.29, 1.82) is 0 Å². The van der Waals surface area contributed by atoms with E-state index in [0.717, 1.165) is 12.8 Å². The summed E-state index contributed by atoms with van der Waals surface area (Å²) in [6.45, 7) is 0.490. The van der Waals surface area contributed by atoms with Crippen LogP contribution >= 0.6 is 0 Å². The van der Waals surface area contributed by atoms with Gasteiger partial charge in [0, 0.05) is 5.56 Å². The van der Waals surface area contributed by atoms with Gasteiger partial charge in [-0.25, -0.2) is 4.39 Å². The topological polar surface area (TPSA) is 64.4 Å². The molecular formula is C13H15FN2O2. The zero-order valence-corrected chi connectivity index (χ0v) is 9.86. The van der Waals surface area contributed by atoms with Crippen molar-refractivity contribution in [3.8, 4) is 0 Å². The van der Waals surface area contributed by atoms with Crippen LogP contribution in [0, 0.1) is 5.82 Å². The molecule has 2 rings (SSSR count). The molecule has 1 aromatic rings. The quantitative estimate of drug-likeness (QED) is 0.859. The van der Waals surface area contributed by atoms with E-state index in [-0.39, 0.29) is 17.4 Å². The average molecular weight is 250 g/mol. The fourth-order valence-electron chi connectivity index (χ4n) is 1.77. The number of halogens is 1. The van der Waals surface area contributed by atoms with Crippen molar-refractivity contribution >= 4 is 11.6 Å².